The predicted molar refractivity (Wildman–Crippen MR) is 80.6 cm³/mol. The molecule has 1 amide bonds. The van der Waals surface area contributed by atoms with E-state index in [0.29, 0.717) is 5.69 Å². The molecule has 1 heterocycles. The average Bonchev–Trinajstić information content (AvgIpc) is 3.00. The Bertz CT molecular complexity index is 716. The van der Waals surface area contributed by atoms with Crippen LogP contribution in [-0.4, -0.2) is 16.8 Å². The van der Waals surface area contributed by atoms with Gasteiger partial charge in [-0.05, 0) is 36.8 Å². The van der Waals surface area contributed by atoms with E-state index in [-0.39, 0.29) is 0 Å². The molecule has 22 heavy (non-hydrogen) atoms. The van der Waals surface area contributed by atoms with E-state index in [1.165, 1.54) is 6.92 Å². The second kappa shape index (κ2) is 5.16. The van der Waals surface area contributed by atoms with Crippen LogP contribution in [0.25, 0.3) is 11.3 Å². The van der Waals surface area contributed by atoms with Gasteiger partial charge in [-0.1, -0.05) is 19.1 Å². The number of anilines is 1. The van der Waals surface area contributed by atoms with Gasteiger partial charge >= 0.3 is 0 Å². The van der Waals surface area contributed by atoms with Gasteiger partial charge in [0, 0.05) is 23.4 Å². The number of hydrogen-bond acceptors (Lipinski definition) is 2. The van der Waals surface area contributed by atoms with E-state index in [2.05, 4.69) is 10.3 Å². The smallest absolute Gasteiger partial charge is 0.263 e. The Kier molecular flexibility index (Phi) is 3.43. The van der Waals surface area contributed by atoms with Crippen molar-refractivity contribution in [2.75, 3.05) is 5.32 Å². The van der Waals surface area contributed by atoms with Gasteiger partial charge in [0.05, 0.1) is 5.69 Å². The molecule has 0 spiro atoms. The standard InChI is InChI=1S/C17H16F2N2O/c1-10-6-7-12(9-13(10)14-5-3-4-8-20-14)21-16(22)15-11(2)17(15,18)19/h3-9,11,15H,1-2H3,(H,21,22). The van der Waals surface area contributed by atoms with Crippen LogP contribution in [-0.2, 0) is 4.79 Å². The first-order valence-electron chi connectivity index (χ1n) is 7.12. The van der Waals surface area contributed by atoms with Crippen molar-refractivity contribution in [2.45, 2.75) is 19.8 Å². The van der Waals surface area contributed by atoms with Gasteiger partial charge in [0.1, 0.15) is 5.92 Å². The highest BCUT2D eigenvalue weighted by molar-refractivity contribution is 5.96. The van der Waals surface area contributed by atoms with E-state index in [4.69, 9.17) is 0 Å². The van der Waals surface area contributed by atoms with Crippen LogP contribution >= 0.6 is 0 Å². The van der Waals surface area contributed by atoms with E-state index in [1.807, 2.05) is 31.2 Å². The monoisotopic (exact) mass is 302 g/mol. The summed E-state index contributed by atoms with van der Waals surface area (Å²) in [6, 6.07) is 10.9. The van der Waals surface area contributed by atoms with Crippen molar-refractivity contribution in [3.05, 3.63) is 48.2 Å². The molecule has 2 atom stereocenters. The fraction of sp³-hybridized carbons (Fsp3) is 0.294. The number of nitrogens with zero attached hydrogens (tertiary/aromatic N) is 1. The normalized spacial score (nSPS) is 22.2. The molecule has 0 aliphatic heterocycles. The van der Waals surface area contributed by atoms with E-state index >= 15 is 0 Å². The molecule has 0 bridgehead atoms. The first kappa shape index (κ1) is 14.6. The van der Waals surface area contributed by atoms with Gasteiger partial charge in [-0.15, -0.1) is 0 Å². The van der Waals surface area contributed by atoms with E-state index in [1.54, 1.807) is 18.3 Å². The molecule has 1 aromatic heterocycles. The summed E-state index contributed by atoms with van der Waals surface area (Å²) < 4.78 is 26.6. The Morgan fingerprint density at radius 2 is 2.00 bits per heavy atom. The number of amides is 1. The SMILES string of the molecule is Cc1ccc(NC(=O)C2C(C)C2(F)F)cc1-c1ccccn1. The maximum absolute atomic E-state index is 13.3. The second-order valence-corrected chi connectivity index (χ2v) is 5.67. The molecule has 0 radical (unpaired) electrons. The van der Waals surface area contributed by atoms with Crippen molar-refractivity contribution in [1.29, 1.82) is 0 Å². The molecule has 114 valence electrons. The minimum atomic E-state index is -2.89. The fourth-order valence-corrected chi connectivity index (χ4v) is 2.60. The van der Waals surface area contributed by atoms with Crippen molar-refractivity contribution in [2.24, 2.45) is 11.8 Å². The summed E-state index contributed by atoms with van der Waals surface area (Å²) in [6.07, 6.45) is 1.69. The van der Waals surface area contributed by atoms with Gasteiger partial charge in [-0.3, -0.25) is 9.78 Å². The molecule has 1 aliphatic carbocycles. The predicted octanol–water partition coefficient (Wildman–Crippen LogP) is 3.90. The minimum Gasteiger partial charge on any atom is -0.326 e. The van der Waals surface area contributed by atoms with E-state index < -0.39 is 23.7 Å². The van der Waals surface area contributed by atoms with Crippen molar-refractivity contribution >= 4 is 11.6 Å². The maximum Gasteiger partial charge on any atom is 0.263 e. The third-order valence-corrected chi connectivity index (χ3v) is 4.14. The summed E-state index contributed by atoms with van der Waals surface area (Å²) in [5.41, 5.74) is 3.16. The molecule has 1 N–H and O–H groups in total. The Morgan fingerprint density at radius 1 is 1.27 bits per heavy atom. The molecule has 5 heteroatoms. The lowest BCUT2D eigenvalue weighted by Crippen LogP contribution is -2.17. The molecule has 3 rings (SSSR count). The molecular formula is C17H16F2N2O. The summed E-state index contributed by atoms with van der Waals surface area (Å²) in [7, 11) is 0. The van der Waals surface area contributed by atoms with Crippen LogP contribution in [0.5, 0.6) is 0 Å². The largest absolute Gasteiger partial charge is 0.326 e. The summed E-state index contributed by atoms with van der Waals surface area (Å²) in [6.45, 7) is 3.32. The molecule has 1 aliphatic rings. The zero-order valence-electron chi connectivity index (χ0n) is 12.3. The van der Waals surface area contributed by atoms with Crippen LogP contribution in [0.2, 0.25) is 0 Å². The van der Waals surface area contributed by atoms with Gasteiger partial charge in [-0.25, -0.2) is 8.78 Å². The number of carbonyl (C=O) groups excluding carboxylic acids is 1. The van der Waals surface area contributed by atoms with Crippen molar-refractivity contribution in [3.8, 4) is 11.3 Å². The molecule has 1 aromatic carbocycles. The summed E-state index contributed by atoms with van der Waals surface area (Å²) in [5.74, 6) is -5.65. The van der Waals surface area contributed by atoms with Crippen molar-refractivity contribution < 1.29 is 13.6 Å². The summed E-state index contributed by atoms with van der Waals surface area (Å²) in [5, 5.41) is 2.58. The molecule has 1 fully saturated rings. The number of hydrogen-bond donors (Lipinski definition) is 1. The number of rotatable bonds is 3. The summed E-state index contributed by atoms with van der Waals surface area (Å²) in [4.78, 5) is 16.2. The number of aryl methyl sites for hydroxylation is 1. The van der Waals surface area contributed by atoms with Gasteiger partial charge in [0.15, 0.2) is 0 Å². The minimum absolute atomic E-state index is 0.506. The Balaban J connectivity index is 1.83. The molecule has 2 unspecified atom stereocenters. The van der Waals surface area contributed by atoms with Crippen LogP contribution in [0.1, 0.15) is 12.5 Å². The van der Waals surface area contributed by atoms with Crippen LogP contribution in [0, 0.1) is 18.8 Å². The first-order chi connectivity index (χ1) is 10.4. The molecule has 2 aromatic rings. The van der Waals surface area contributed by atoms with Crippen molar-refractivity contribution in [1.82, 2.24) is 4.98 Å². The lowest BCUT2D eigenvalue weighted by molar-refractivity contribution is -0.119. The molecule has 0 saturated heterocycles. The van der Waals surface area contributed by atoms with Crippen LogP contribution in [0.4, 0.5) is 14.5 Å². The first-order valence-corrected chi connectivity index (χ1v) is 7.12. The Morgan fingerprint density at radius 3 is 2.59 bits per heavy atom. The lowest BCUT2D eigenvalue weighted by atomic mass is 10.0. The highest BCUT2D eigenvalue weighted by Gasteiger charge is 2.69. The Labute approximate surface area is 127 Å². The van der Waals surface area contributed by atoms with Crippen LogP contribution < -0.4 is 5.32 Å². The number of pyridine rings is 1. The van der Waals surface area contributed by atoms with E-state index in [9.17, 15) is 13.6 Å². The van der Waals surface area contributed by atoms with Crippen molar-refractivity contribution in [3.63, 3.8) is 0 Å². The number of nitrogens with one attached hydrogen (secondary N) is 1. The number of halogens is 2. The number of aromatic nitrogens is 1. The molecule has 3 nitrogen and oxygen atoms in total. The second-order valence-electron chi connectivity index (χ2n) is 5.67. The maximum atomic E-state index is 13.3. The average molecular weight is 302 g/mol. The van der Waals surface area contributed by atoms with Crippen LogP contribution in [0.15, 0.2) is 42.6 Å². The third kappa shape index (κ3) is 2.47. The number of alkyl halides is 2. The van der Waals surface area contributed by atoms with E-state index in [0.717, 1.165) is 16.8 Å². The topological polar surface area (TPSA) is 42.0 Å². The highest BCUT2D eigenvalue weighted by atomic mass is 19.3. The van der Waals surface area contributed by atoms with Gasteiger partial charge in [-0.2, -0.15) is 0 Å². The number of benzene rings is 1. The summed E-state index contributed by atoms with van der Waals surface area (Å²) >= 11 is 0. The van der Waals surface area contributed by atoms with Gasteiger partial charge < -0.3 is 5.32 Å². The molecular weight excluding hydrogens is 286 g/mol. The molecule has 1 saturated carbocycles. The third-order valence-electron chi connectivity index (χ3n) is 4.14. The number of carbonyl (C=O) groups is 1. The lowest BCUT2D eigenvalue weighted by Gasteiger charge is -2.10. The fourth-order valence-electron chi connectivity index (χ4n) is 2.60. The highest BCUT2D eigenvalue weighted by Crippen LogP contribution is 2.55. The Hall–Kier alpha value is -2.30. The zero-order chi connectivity index (χ0) is 15.9. The van der Waals surface area contributed by atoms with Gasteiger partial charge in [0.25, 0.3) is 5.92 Å². The van der Waals surface area contributed by atoms with Crippen LogP contribution in [0.3, 0.4) is 0 Å². The zero-order valence-corrected chi connectivity index (χ0v) is 12.3. The quantitative estimate of drug-likeness (QED) is 0.934. The van der Waals surface area contributed by atoms with Gasteiger partial charge in [0.2, 0.25) is 5.91 Å².